The normalized spacial score (nSPS) is 9.78. The summed E-state index contributed by atoms with van der Waals surface area (Å²) in [4.78, 5) is 8.54. The van der Waals surface area contributed by atoms with Gasteiger partial charge in [-0.2, -0.15) is 0 Å². The minimum Gasteiger partial charge on any atom is -0.495 e. The zero-order chi connectivity index (χ0) is 15.4. The minimum absolute atomic E-state index is 0. The molecule has 118 valence electrons. The van der Waals surface area contributed by atoms with Crippen LogP contribution in [0.4, 0.5) is 17.2 Å². The molecule has 2 aromatic carbocycles. The Balaban J connectivity index is 0.00000192. The molecule has 0 atom stereocenters. The van der Waals surface area contributed by atoms with Gasteiger partial charge in [-0.1, -0.05) is 30.3 Å². The lowest BCUT2D eigenvalue weighted by Crippen LogP contribution is -1.98. The number of halogens is 1. The van der Waals surface area contributed by atoms with E-state index >= 15 is 0 Å². The van der Waals surface area contributed by atoms with Crippen LogP contribution in [0.15, 0.2) is 60.9 Å². The second-order valence-corrected chi connectivity index (χ2v) is 4.74. The molecule has 0 aliphatic carbocycles. The first kappa shape index (κ1) is 16.6. The average molecular weight is 329 g/mol. The molecular weight excluding hydrogens is 312 g/mol. The van der Waals surface area contributed by atoms with Crippen LogP contribution in [0.25, 0.3) is 11.3 Å². The van der Waals surface area contributed by atoms with E-state index in [1.807, 2.05) is 54.6 Å². The maximum absolute atomic E-state index is 5.91. The molecule has 3 aromatic rings. The van der Waals surface area contributed by atoms with Crippen LogP contribution in [0.5, 0.6) is 5.75 Å². The molecule has 3 N–H and O–H groups in total. The van der Waals surface area contributed by atoms with Gasteiger partial charge in [0.2, 0.25) is 0 Å². The van der Waals surface area contributed by atoms with E-state index in [-0.39, 0.29) is 12.4 Å². The van der Waals surface area contributed by atoms with E-state index in [9.17, 15) is 0 Å². The zero-order valence-corrected chi connectivity index (χ0v) is 13.4. The first-order valence-electron chi connectivity index (χ1n) is 6.84. The lowest BCUT2D eigenvalue weighted by Gasteiger charge is -2.10. The Morgan fingerprint density at radius 2 is 1.78 bits per heavy atom. The van der Waals surface area contributed by atoms with E-state index < -0.39 is 0 Å². The van der Waals surface area contributed by atoms with Crippen molar-refractivity contribution in [3.8, 4) is 17.0 Å². The van der Waals surface area contributed by atoms with Crippen LogP contribution in [0, 0.1) is 0 Å². The maximum Gasteiger partial charge on any atom is 0.141 e. The van der Waals surface area contributed by atoms with E-state index in [0.717, 1.165) is 16.9 Å². The summed E-state index contributed by atoms with van der Waals surface area (Å²) in [7, 11) is 1.59. The fourth-order valence-electron chi connectivity index (χ4n) is 2.15. The lowest BCUT2D eigenvalue weighted by molar-refractivity contribution is 0.417. The summed E-state index contributed by atoms with van der Waals surface area (Å²) >= 11 is 0. The maximum atomic E-state index is 5.91. The van der Waals surface area contributed by atoms with Crippen molar-refractivity contribution in [2.75, 3.05) is 18.2 Å². The van der Waals surface area contributed by atoms with Crippen molar-refractivity contribution >= 4 is 29.6 Å². The molecule has 23 heavy (non-hydrogen) atoms. The molecule has 1 heterocycles. The first-order chi connectivity index (χ1) is 10.8. The number of rotatable bonds is 4. The molecule has 0 amide bonds. The molecule has 6 heteroatoms. The number of nitrogens with one attached hydrogen (secondary N) is 1. The number of nitrogens with zero attached hydrogens (tertiary/aromatic N) is 2. The Hall–Kier alpha value is -2.79. The van der Waals surface area contributed by atoms with Crippen LogP contribution in [-0.2, 0) is 0 Å². The molecule has 0 aliphatic heterocycles. The van der Waals surface area contributed by atoms with Crippen molar-refractivity contribution in [1.82, 2.24) is 9.97 Å². The van der Waals surface area contributed by atoms with Gasteiger partial charge in [-0.3, -0.25) is 0 Å². The van der Waals surface area contributed by atoms with Gasteiger partial charge < -0.3 is 15.8 Å². The third-order valence-electron chi connectivity index (χ3n) is 3.24. The largest absolute Gasteiger partial charge is 0.495 e. The molecule has 0 aliphatic rings. The van der Waals surface area contributed by atoms with Gasteiger partial charge >= 0.3 is 0 Å². The summed E-state index contributed by atoms with van der Waals surface area (Å²) in [5, 5.41) is 3.22. The second-order valence-electron chi connectivity index (χ2n) is 4.74. The number of benzene rings is 2. The van der Waals surface area contributed by atoms with E-state index in [0.29, 0.717) is 17.3 Å². The third kappa shape index (κ3) is 3.90. The molecule has 0 fully saturated rings. The molecule has 0 saturated carbocycles. The Morgan fingerprint density at radius 1 is 1.00 bits per heavy atom. The SMILES string of the molecule is COc1ccc(Nc2cc(-c3ccccc3)ncn2)cc1N.Cl. The van der Waals surface area contributed by atoms with Crippen LogP contribution >= 0.6 is 12.4 Å². The quantitative estimate of drug-likeness (QED) is 0.711. The smallest absolute Gasteiger partial charge is 0.141 e. The van der Waals surface area contributed by atoms with Crippen LogP contribution in [-0.4, -0.2) is 17.1 Å². The number of anilines is 3. The zero-order valence-electron chi connectivity index (χ0n) is 12.6. The standard InChI is InChI=1S/C17H16N4O.ClH/c1-22-16-8-7-13(9-14(16)18)21-17-10-15(19-11-20-17)12-5-3-2-4-6-12;/h2-11H,18H2,1H3,(H,19,20,21);1H. The Labute approximate surface area is 141 Å². The van der Waals surface area contributed by atoms with Gasteiger partial charge in [0.15, 0.2) is 0 Å². The van der Waals surface area contributed by atoms with Crippen molar-refractivity contribution in [2.45, 2.75) is 0 Å². The molecule has 0 radical (unpaired) electrons. The van der Waals surface area contributed by atoms with Crippen molar-refractivity contribution in [1.29, 1.82) is 0 Å². The highest BCUT2D eigenvalue weighted by molar-refractivity contribution is 5.85. The molecule has 5 nitrogen and oxygen atoms in total. The van der Waals surface area contributed by atoms with E-state index in [1.54, 1.807) is 7.11 Å². The van der Waals surface area contributed by atoms with Crippen molar-refractivity contribution in [3.05, 3.63) is 60.9 Å². The van der Waals surface area contributed by atoms with Gasteiger partial charge in [0.25, 0.3) is 0 Å². The average Bonchev–Trinajstić information content (AvgIpc) is 2.56. The fraction of sp³-hybridized carbons (Fsp3) is 0.0588. The Bertz CT molecular complexity index is 781. The number of ether oxygens (including phenoxy) is 1. The number of nitrogen functional groups attached to an aromatic ring is 1. The number of hydrogen-bond donors (Lipinski definition) is 2. The predicted molar refractivity (Wildman–Crippen MR) is 95.4 cm³/mol. The Kier molecular flexibility index (Phi) is 5.38. The van der Waals surface area contributed by atoms with Crippen LogP contribution < -0.4 is 15.8 Å². The van der Waals surface area contributed by atoms with Gasteiger partial charge in [-0.05, 0) is 18.2 Å². The van der Waals surface area contributed by atoms with Crippen LogP contribution in [0.2, 0.25) is 0 Å². The third-order valence-corrected chi connectivity index (χ3v) is 3.24. The van der Waals surface area contributed by atoms with Gasteiger partial charge in [0.1, 0.15) is 17.9 Å². The van der Waals surface area contributed by atoms with Crippen molar-refractivity contribution in [3.63, 3.8) is 0 Å². The van der Waals surface area contributed by atoms with Gasteiger partial charge in [0, 0.05) is 17.3 Å². The van der Waals surface area contributed by atoms with Crippen molar-refractivity contribution in [2.24, 2.45) is 0 Å². The fourth-order valence-corrected chi connectivity index (χ4v) is 2.15. The van der Waals surface area contributed by atoms with E-state index in [1.165, 1.54) is 6.33 Å². The lowest BCUT2D eigenvalue weighted by atomic mass is 10.1. The highest BCUT2D eigenvalue weighted by atomic mass is 35.5. The molecule has 0 saturated heterocycles. The number of methoxy groups -OCH3 is 1. The van der Waals surface area contributed by atoms with Crippen LogP contribution in [0.3, 0.4) is 0 Å². The van der Waals surface area contributed by atoms with Gasteiger partial charge in [-0.25, -0.2) is 9.97 Å². The minimum atomic E-state index is 0. The summed E-state index contributed by atoms with van der Waals surface area (Å²) in [6, 6.07) is 17.4. The second kappa shape index (κ2) is 7.47. The topological polar surface area (TPSA) is 73.1 Å². The van der Waals surface area contributed by atoms with E-state index in [4.69, 9.17) is 10.5 Å². The highest BCUT2D eigenvalue weighted by Gasteiger charge is 2.04. The monoisotopic (exact) mass is 328 g/mol. The number of aromatic nitrogens is 2. The van der Waals surface area contributed by atoms with E-state index in [2.05, 4.69) is 15.3 Å². The highest BCUT2D eigenvalue weighted by Crippen LogP contribution is 2.27. The van der Waals surface area contributed by atoms with Gasteiger partial charge in [0.05, 0.1) is 18.5 Å². The molecule has 0 unspecified atom stereocenters. The summed E-state index contributed by atoms with van der Waals surface area (Å²) in [5.41, 5.74) is 9.23. The summed E-state index contributed by atoms with van der Waals surface area (Å²) in [6.07, 6.45) is 1.54. The molecular formula is C17H17ClN4O. The molecule has 0 spiro atoms. The van der Waals surface area contributed by atoms with Crippen LogP contribution in [0.1, 0.15) is 0 Å². The predicted octanol–water partition coefficient (Wildman–Crippen LogP) is 3.90. The number of hydrogen-bond acceptors (Lipinski definition) is 5. The molecule has 3 rings (SSSR count). The van der Waals surface area contributed by atoms with Gasteiger partial charge in [-0.15, -0.1) is 12.4 Å². The molecule has 1 aromatic heterocycles. The summed E-state index contributed by atoms with van der Waals surface area (Å²) < 4.78 is 5.15. The first-order valence-corrected chi connectivity index (χ1v) is 6.84. The summed E-state index contributed by atoms with van der Waals surface area (Å²) in [5.74, 6) is 1.36. The molecule has 0 bridgehead atoms. The Morgan fingerprint density at radius 3 is 2.48 bits per heavy atom. The number of nitrogens with two attached hydrogens (primary N) is 1. The van der Waals surface area contributed by atoms with Crippen molar-refractivity contribution < 1.29 is 4.74 Å². The summed E-state index contributed by atoms with van der Waals surface area (Å²) in [6.45, 7) is 0.